The van der Waals surface area contributed by atoms with Crippen LogP contribution in [0, 0.1) is 0 Å². The van der Waals surface area contributed by atoms with Gasteiger partial charge in [-0.1, -0.05) is 24.3 Å². The predicted molar refractivity (Wildman–Crippen MR) is 67.7 cm³/mol. The summed E-state index contributed by atoms with van der Waals surface area (Å²) in [5, 5.41) is 3.20. The molecule has 1 atom stereocenters. The van der Waals surface area contributed by atoms with Crippen LogP contribution in [0.5, 0.6) is 0 Å². The van der Waals surface area contributed by atoms with Crippen LogP contribution >= 0.6 is 0 Å². The van der Waals surface area contributed by atoms with Gasteiger partial charge in [0.15, 0.2) is 0 Å². The van der Waals surface area contributed by atoms with E-state index >= 15 is 0 Å². The highest BCUT2D eigenvalue weighted by Crippen LogP contribution is 2.29. The fraction of sp³-hybridized carbons (Fsp3) is 0.429. The molecule has 0 spiro atoms. The first-order chi connectivity index (χ1) is 8.95. The molecule has 1 aliphatic rings. The van der Waals surface area contributed by atoms with Gasteiger partial charge in [-0.25, -0.2) is 0 Å². The van der Waals surface area contributed by atoms with Crippen molar-refractivity contribution in [1.82, 2.24) is 5.32 Å². The largest absolute Gasteiger partial charge is 0.416 e. The average Bonchev–Trinajstić information content (AvgIpc) is 2.85. The van der Waals surface area contributed by atoms with E-state index < -0.39 is 11.7 Å². The van der Waals surface area contributed by atoms with Crippen LogP contribution in [0.1, 0.15) is 17.5 Å². The third-order valence-corrected chi connectivity index (χ3v) is 3.37. The maximum atomic E-state index is 12.4. The number of benzene rings is 1. The van der Waals surface area contributed by atoms with Crippen LogP contribution in [-0.2, 0) is 10.9 Å². The molecule has 2 rings (SSSR count). The Morgan fingerprint density at radius 1 is 1.26 bits per heavy atom. The molecule has 1 aliphatic heterocycles. The van der Waals surface area contributed by atoms with E-state index in [1.54, 1.807) is 13.2 Å². The van der Waals surface area contributed by atoms with Crippen molar-refractivity contribution in [1.29, 1.82) is 0 Å². The van der Waals surface area contributed by atoms with Gasteiger partial charge in [0.05, 0.1) is 11.2 Å². The smallest absolute Gasteiger partial charge is 0.373 e. The van der Waals surface area contributed by atoms with Crippen molar-refractivity contribution in [2.45, 2.75) is 18.2 Å². The number of nitrogens with one attached hydrogen (secondary N) is 1. The molecule has 104 valence electrons. The van der Waals surface area contributed by atoms with Crippen LogP contribution in [-0.4, -0.2) is 25.8 Å². The Hall–Kier alpha value is -1.33. The summed E-state index contributed by atoms with van der Waals surface area (Å²) in [6.07, 6.45) is 0.290. The van der Waals surface area contributed by atoms with Gasteiger partial charge in [-0.05, 0) is 30.7 Å². The highest BCUT2D eigenvalue weighted by atomic mass is 19.4. The standard InChI is InChI=1S/C14H16F3NO/c1-19-13(8-9-18-10-13)7-6-11-2-4-12(5-3-11)14(15,16)17/h2-7,18H,8-10H2,1H3/b7-6+. The Labute approximate surface area is 110 Å². The van der Waals surface area contributed by atoms with Gasteiger partial charge in [0, 0.05) is 13.7 Å². The molecular formula is C14H16F3NO. The Balaban J connectivity index is 2.11. The van der Waals surface area contributed by atoms with Crippen LogP contribution in [0.4, 0.5) is 13.2 Å². The monoisotopic (exact) mass is 271 g/mol. The van der Waals surface area contributed by atoms with Crippen LogP contribution in [0.25, 0.3) is 6.08 Å². The third kappa shape index (κ3) is 3.36. The number of ether oxygens (including phenoxy) is 1. The third-order valence-electron chi connectivity index (χ3n) is 3.37. The second-order valence-electron chi connectivity index (χ2n) is 4.65. The highest BCUT2D eigenvalue weighted by molar-refractivity contribution is 5.51. The van der Waals surface area contributed by atoms with Gasteiger partial charge >= 0.3 is 6.18 Å². The molecular weight excluding hydrogens is 255 g/mol. The zero-order valence-electron chi connectivity index (χ0n) is 10.6. The van der Waals surface area contributed by atoms with E-state index in [4.69, 9.17) is 4.74 Å². The molecule has 1 unspecified atom stereocenters. The van der Waals surface area contributed by atoms with E-state index in [2.05, 4.69) is 5.32 Å². The summed E-state index contributed by atoms with van der Waals surface area (Å²) in [5.41, 5.74) is -0.243. The van der Waals surface area contributed by atoms with E-state index in [1.165, 1.54) is 12.1 Å². The van der Waals surface area contributed by atoms with Crippen LogP contribution < -0.4 is 5.32 Å². The second-order valence-corrected chi connectivity index (χ2v) is 4.65. The normalized spacial score (nSPS) is 24.2. The van der Waals surface area contributed by atoms with Gasteiger partial charge in [0.25, 0.3) is 0 Å². The second kappa shape index (κ2) is 5.35. The lowest BCUT2D eigenvalue weighted by atomic mass is 10.0. The van der Waals surface area contributed by atoms with Crippen molar-refractivity contribution >= 4 is 6.08 Å². The summed E-state index contributed by atoms with van der Waals surface area (Å²) in [6.45, 7) is 1.60. The minimum Gasteiger partial charge on any atom is -0.373 e. The summed E-state index contributed by atoms with van der Waals surface area (Å²) >= 11 is 0. The molecule has 1 heterocycles. The SMILES string of the molecule is COC1(/C=C/c2ccc(C(F)(F)F)cc2)CCNC1. The Morgan fingerprint density at radius 3 is 2.42 bits per heavy atom. The first-order valence-electron chi connectivity index (χ1n) is 6.08. The summed E-state index contributed by atoms with van der Waals surface area (Å²) in [6, 6.07) is 5.11. The topological polar surface area (TPSA) is 21.3 Å². The summed E-state index contributed by atoms with van der Waals surface area (Å²) in [5.74, 6) is 0. The Morgan fingerprint density at radius 2 is 1.95 bits per heavy atom. The molecule has 0 aliphatic carbocycles. The average molecular weight is 271 g/mol. The maximum Gasteiger partial charge on any atom is 0.416 e. The van der Waals surface area contributed by atoms with E-state index in [0.717, 1.165) is 37.2 Å². The van der Waals surface area contributed by atoms with Gasteiger partial charge in [-0.15, -0.1) is 0 Å². The lowest BCUT2D eigenvalue weighted by Crippen LogP contribution is -2.31. The molecule has 1 N–H and O–H groups in total. The van der Waals surface area contributed by atoms with Crippen LogP contribution in [0.15, 0.2) is 30.3 Å². The van der Waals surface area contributed by atoms with Crippen molar-refractivity contribution in [3.63, 3.8) is 0 Å². The number of halogens is 3. The zero-order valence-corrected chi connectivity index (χ0v) is 10.6. The summed E-state index contributed by atoms with van der Waals surface area (Å²) in [4.78, 5) is 0. The molecule has 0 amide bonds. The van der Waals surface area contributed by atoms with Gasteiger partial charge in [-0.3, -0.25) is 0 Å². The number of methoxy groups -OCH3 is 1. The van der Waals surface area contributed by atoms with Gasteiger partial charge in [0.2, 0.25) is 0 Å². The molecule has 1 aromatic carbocycles. The molecule has 19 heavy (non-hydrogen) atoms. The van der Waals surface area contributed by atoms with Crippen molar-refractivity contribution in [3.05, 3.63) is 41.5 Å². The van der Waals surface area contributed by atoms with E-state index in [1.807, 2.05) is 6.08 Å². The van der Waals surface area contributed by atoms with Crippen molar-refractivity contribution in [2.75, 3.05) is 20.2 Å². The Bertz CT molecular complexity index is 445. The fourth-order valence-electron chi connectivity index (χ4n) is 2.10. The Kier molecular flexibility index (Phi) is 3.96. The molecule has 5 heteroatoms. The molecule has 2 nitrogen and oxygen atoms in total. The fourth-order valence-corrected chi connectivity index (χ4v) is 2.10. The lowest BCUT2D eigenvalue weighted by molar-refractivity contribution is -0.137. The van der Waals surface area contributed by atoms with Crippen LogP contribution in [0.3, 0.4) is 0 Å². The first kappa shape index (κ1) is 14.1. The minimum absolute atomic E-state index is 0.345. The number of rotatable bonds is 3. The maximum absolute atomic E-state index is 12.4. The molecule has 0 radical (unpaired) electrons. The molecule has 0 aromatic heterocycles. The number of hydrogen-bond acceptors (Lipinski definition) is 2. The quantitative estimate of drug-likeness (QED) is 0.912. The van der Waals surface area contributed by atoms with E-state index in [0.29, 0.717) is 0 Å². The summed E-state index contributed by atoms with van der Waals surface area (Å²) < 4.78 is 42.7. The van der Waals surface area contributed by atoms with Gasteiger partial charge in [0.1, 0.15) is 0 Å². The molecule has 1 saturated heterocycles. The highest BCUT2D eigenvalue weighted by Gasteiger charge is 2.31. The number of hydrogen-bond donors (Lipinski definition) is 1. The van der Waals surface area contributed by atoms with Gasteiger partial charge in [-0.2, -0.15) is 13.2 Å². The van der Waals surface area contributed by atoms with E-state index in [-0.39, 0.29) is 5.60 Å². The van der Waals surface area contributed by atoms with Gasteiger partial charge < -0.3 is 10.1 Å². The molecule has 1 fully saturated rings. The summed E-state index contributed by atoms with van der Waals surface area (Å²) in [7, 11) is 1.64. The molecule has 1 aromatic rings. The van der Waals surface area contributed by atoms with Crippen molar-refractivity contribution < 1.29 is 17.9 Å². The van der Waals surface area contributed by atoms with Crippen molar-refractivity contribution in [2.24, 2.45) is 0 Å². The lowest BCUT2D eigenvalue weighted by Gasteiger charge is -2.22. The molecule has 0 bridgehead atoms. The molecule has 0 saturated carbocycles. The first-order valence-corrected chi connectivity index (χ1v) is 6.08. The number of alkyl halides is 3. The predicted octanol–water partition coefficient (Wildman–Crippen LogP) is 3.10. The minimum atomic E-state index is -4.29. The van der Waals surface area contributed by atoms with Crippen LogP contribution in [0.2, 0.25) is 0 Å². The van der Waals surface area contributed by atoms with Crippen molar-refractivity contribution in [3.8, 4) is 0 Å². The van der Waals surface area contributed by atoms with E-state index in [9.17, 15) is 13.2 Å². The zero-order chi connectivity index (χ0) is 13.9.